The second-order valence-electron chi connectivity index (χ2n) is 5.92. The molecule has 1 N–H and O–H groups in total. The van der Waals surface area contributed by atoms with Gasteiger partial charge in [-0.15, -0.1) is 6.58 Å². The maximum atomic E-state index is 10.8. The summed E-state index contributed by atoms with van der Waals surface area (Å²) < 4.78 is 0. The highest BCUT2D eigenvalue weighted by atomic mass is 16.4. The molecule has 120 valence electrons. The highest BCUT2D eigenvalue weighted by molar-refractivity contribution is 5.67. The van der Waals surface area contributed by atoms with Gasteiger partial charge in [0.25, 0.3) is 0 Å². The highest BCUT2D eigenvalue weighted by Crippen LogP contribution is 2.23. The largest absolute Gasteiger partial charge is 0.481 e. The summed E-state index contributed by atoms with van der Waals surface area (Å²) in [6, 6.07) is 4.05. The van der Waals surface area contributed by atoms with E-state index in [2.05, 4.69) is 23.4 Å². The lowest BCUT2D eigenvalue weighted by Gasteiger charge is -2.31. The number of carboxylic acids is 1. The lowest BCUT2D eigenvalue weighted by molar-refractivity contribution is -0.136. The van der Waals surface area contributed by atoms with Crippen molar-refractivity contribution in [3.63, 3.8) is 0 Å². The summed E-state index contributed by atoms with van der Waals surface area (Å²) in [6.45, 7) is 9.23. The molecule has 5 heteroatoms. The maximum Gasteiger partial charge on any atom is 0.305 e. The summed E-state index contributed by atoms with van der Waals surface area (Å²) >= 11 is 0. The number of carboxylic acid groups (broad SMARTS) is 1. The minimum absolute atomic E-state index is 0.111. The van der Waals surface area contributed by atoms with Gasteiger partial charge in [0, 0.05) is 26.2 Å². The average molecular weight is 303 g/mol. The predicted octanol–water partition coefficient (Wildman–Crippen LogP) is 2.79. The molecule has 0 aliphatic carbocycles. The Morgan fingerprint density at radius 3 is 2.77 bits per heavy atom. The van der Waals surface area contributed by atoms with Gasteiger partial charge in [-0.05, 0) is 30.9 Å². The van der Waals surface area contributed by atoms with E-state index in [0.29, 0.717) is 13.1 Å². The van der Waals surface area contributed by atoms with Crippen LogP contribution in [-0.2, 0) is 4.79 Å². The topological polar surface area (TPSA) is 56.7 Å². The number of aromatic nitrogens is 1. The van der Waals surface area contributed by atoms with Gasteiger partial charge in [0.1, 0.15) is 5.82 Å². The second-order valence-corrected chi connectivity index (χ2v) is 5.92. The van der Waals surface area contributed by atoms with Gasteiger partial charge in [0.15, 0.2) is 0 Å². The quantitative estimate of drug-likeness (QED) is 0.785. The normalized spacial score (nSPS) is 15.6. The summed E-state index contributed by atoms with van der Waals surface area (Å²) in [5, 5.41) is 8.84. The fourth-order valence-electron chi connectivity index (χ4n) is 2.70. The van der Waals surface area contributed by atoms with E-state index in [4.69, 9.17) is 5.11 Å². The van der Waals surface area contributed by atoms with Crippen molar-refractivity contribution in [1.82, 2.24) is 4.98 Å². The molecule has 2 rings (SSSR count). The van der Waals surface area contributed by atoms with Crippen LogP contribution in [-0.4, -0.2) is 42.2 Å². The number of carbonyl (C=O) groups is 1. The summed E-state index contributed by atoms with van der Waals surface area (Å²) in [7, 11) is 0. The van der Waals surface area contributed by atoms with Crippen molar-refractivity contribution in [3.05, 3.63) is 31.0 Å². The molecule has 0 saturated carbocycles. The Morgan fingerprint density at radius 1 is 1.50 bits per heavy atom. The molecule has 1 aliphatic heterocycles. The van der Waals surface area contributed by atoms with Crippen LogP contribution in [0.2, 0.25) is 0 Å². The van der Waals surface area contributed by atoms with Crippen LogP contribution >= 0.6 is 0 Å². The average Bonchev–Trinajstić information content (AvgIpc) is 2.52. The Hall–Kier alpha value is -2.04. The van der Waals surface area contributed by atoms with Crippen molar-refractivity contribution in [3.8, 4) is 0 Å². The fourth-order valence-corrected chi connectivity index (χ4v) is 2.70. The van der Waals surface area contributed by atoms with E-state index in [1.165, 1.54) is 12.8 Å². The Morgan fingerprint density at radius 2 is 2.23 bits per heavy atom. The third kappa shape index (κ3) is 4.48. The van der Waals surface area contributed by atoms with Gasteiger partial charge >= 0.3 is 5.97 Å². The zero-order chi connectivity index (χ0) is 15.9. The van der Waals surface area contributed by atoms with Crippen LogP contribution < -0.4 is 9.80 Å². The molecular weight excluding hydrogens is 278 g/mol. The fraction of sp³-hybridized carbons (Fsp3) is 0.529. The standard InChI is InChI=1S/C17H25N3O2/c1-3-9-19(12-8-17(21)22)15-4-5-16(18-13-15)20-10-6-14(2)7-11-20/h3-5,13-14H,1,6-12H2,2H3,(H,21,22). The van der Waals surface area contributed by atoms with E-state index >= 15 is 0 Å². The highest BCUT2D eigenvalue weighted by Gasteiger charge is 2.17. The number of pyridine rings is 1. The first-order chi connectivity index (χ1) is 10.6. The van der Waals surface area contributed by atoms with E-state index in [1.54, 1.807) is 6.08 Å². The van der Waals surface area contributed by atoms with Crippen molar-refractivity contribution in [2.24, 2.45) is 5.92 Å². The molecule has 22 heavy (non-hydrogen) atoms. The van der Waals surface area contributed by atoms with Gasteiger partial charge in [-0.2, -0.15) is 0 Å². The molecule has 0 spiro atoms. The van der Waals surface area contributed by atoms with E-state index in [1.807, 2.05) is 23.2 Å². The minimum Gasteiger partial charge on any atom is -0.481 e. The monoisotopic (exact) mass is 303 g/mol. The first-order valence-corrected chi connectivity index (χ1v) is 7.88. The number of piperidine rings is 1. The second kappa shape index (κ2) is 7.82. The van der Waals surface area contributed by atoms with Crippen LogP contribution in [0.1, 0.15) is 26.2 Å². The first kappa shape index (κ1) is 16.3. The van der Waals surface area contributed by atoms with E-state index in [9.17, 15) is 4.79 Å². The number of anilines is 2. The zero-order valence-electron chi connectivity index (χ0n) is 13.2. The SMILES string of the molecule is C=CCN(CCC(=O)O)c1ccc(N2CCC(C)CC2)nc1. The van der Waals surface area contributed by atoms with Crippen molar-refractivity contribution in [2.75, 3.05) is 36.0 Å². The molecule has 0 bridgehead atoms. The summed E-state index contributed by atoms with van der Waals surface area (Å²) in [5.41, 5.74) is 0.940. The number of nitrogens with zero attached hydrogens (tertiary/aromatic N) is 3. The molecule has 5 nitrogen and oxygen atoms in total. The van der Waals surface area contributed by atoms with Crippen molar-refractivity contribution in [1.29, 1.82) is 0 Å². The third-order valence-corrected chi connectivity index (χ3v) is 4.15. The molecule has 1 aromatic rings. The lowest BCUT2D eigenvalue weighted by Crippen LogP contribution is -2.33. The molecule has 0 atom stereocenters. The van der Waals surface area contributed by atoms with Gasteiger partial charge in [0.2, 0.25) is 0 Å². The number of hydrogen-bond donors (Lipinski definition) is 1. The Kier molecular flexibility index (Phi) is 5.81. The molecule has 0 amide bonds. The lowest BCUT2D eigenvalue weighted by atomic mass is 9.99. The molecular formula is C17H25N3O2. The van der Waals surface area contributed by atoms with E-state index in [0.717, 1.165) is 30.5 Å². The van der Waals surface area contributed by atoms with Crippen LogP contribution in [0.25, 0.3) is 0 Å². The van der Waals surface area contributed by atoms with Gasteiger partial charge in [-0.25, -0.2) is 4.98 Å². The molecule has 1 saturated heterocycles. The first-order valence-electron chi connectivity index (χ1n) is 7.88. The summed E-state index contributed by atoms with van der Waals surface area (Å²) in [4.78, 5) is 19.6. The van der Waals surface area contributed by atoms with Crippen molar-refractivity contribution >= 4 is 17.5 Å². The minimum atomic E-state index is -0.791. The van der Waals surface area contributed by atoms with Gasteiger partial charge in [-0.3, -0.25) is 4.79 Å². The maximum absolute atomic E-state index is 10.8. The Labute approximate surface area is 132 Å². The molecule has 0 unspecified atom stereocenters. The number of hydrogen-bond acceptors (Lipinski definition) is 4. The molecule has 1 aromatic heterocycles. The zero-order valence-corrected chi connectivity index (χ0v) is 13.2. The molecule has 0 radical (unpaired) electrons. The van der Waals surface area contributed by atoms with Crippen LogP contribution in [0, 0.1) is 5.92 Å². The third-order valence-electron chi connectivity index (χ3n) is 4.15. The summed E-state index contributed by atoms with van der Waals surface area (Å²) in [5.74, 6) is 1.02. The Bertz CT molecular complexity index is 493. The van der Waals surface area contributed by atoms with Gasteiger partial charge in [0.05, 0.1) is 18.3 Å². The molecule has 1 fully saturated rings. The molecule has 2 heterocycles. The van der Waals surface area contributed by atoms with Crippen molar-refractivity contribution in [2.45, 2.75) is 26.2 Å². The smallest absolute Gasteiger partial charge is 0.305 e. The van der Waals surface area contributed by atoms with Crippen LogP contribution in [0.4, 0.5) is 11.5 Å². The van der Waals surface area contributed by atoms with Gasteiger partial charge in [-0.1, -0.05) is 13.0 Å². The molecule has 0 aromatic carbocycles. The summed E-state index contributed by atoms with van der Waals surface area (Å²) in [6.07, 6.45) is 6.15. The number of aliphatic carboxylic acids is 1. The predicted molar refractivity (Wildman–Crippen MR) is 89.5 cm³/mol. The van der Waals surface area contributed by atoms with Gasteiger partial charge < -0.3 is 14.9 Å². The van der Waals surface area contributed by atoms with Crippen LogP contribution in [0.5, 0.6) is 0 Å². The van der Waals surface area contributed by atoms with Crippen LogP contribution in [0.3, 0.4) is 0 Å². The van der Waals surface area contributed by atoms with E-state index in [-0.39, 0.29) is 6.42 Å². The van der Waals surface area contributed by atoms with E-state index < -0.39 is 5.97 Å². The number of rotatable bonds is 7. The molecule has 1 aliphatic rings. The van der Waals surface area contributed by atoms with Crippen LogP contribution in [0.15, 0.2) is 31.0 Å². The Balaban J connectivity index is 2.02. The van der Waals surface area contributed by atoms with Crippen molar-refractivity contribution < 1.29 is 9.90 Å².